The van der Waals surface area contributed by atoms with Crippen molar-refractivity contribution in [3.8, 4) is 5.75 Å². The van der Waals surface area contributed by atoms with Gasteiger partial charge in [-0.15, -0.1) is 0 Å². The molecule has 2 aromatic carbocycles. The number of fused-ring (bicyclic) bond motifs is 1. The number of carbonyl (C=O) groups excluding carboxylic acids is 1. The SMILES string of the molecule is CC(c1ccccc1)N1C(=O)COc2ccc(CO)cc21. The molecule has 0 aliphatic carbocycles. The van der Waals surface area contributed by atoms with E-state index in [1.807, 2.05) is 43.3 Å². The first-order valence-corrected chi connectivity index (χ1v) is 6.94. The van der Waals surface area contributed by atoms with Gasteiger partial charge in [0.15, 0.2) is 6.61 Å². The molecular weight excluding hydrogens is 266 g/mol. The molecule has 21 heavy (non-hydrogen) atoms. The number of benzene rings is 2. The monoisotopic (exact) mass is 283 g/mol. The molecule has 0 saturated carbocycles. The smallest absolute Gasteiger partial charge is 0.265 e. The van der Waals surface area contributed by atoms with E-state index in [0.29, 0.717) is 11.4 Å². The number of rotatable bonds is 3. The van der Waals surface area contributed by atoms with Gasteiger partial charge in [0.2, 0.25) is 0 Å². The fourth-order valence-electron chi connectivity index (χ4n) is 2.62. The second-order valence-electron chi connectivity index (χ2n) is 5.10. The van der Waals surface area contributed by atoms with Crippen molar-refractivity contribution in [3.05, 3.63) is 59.7 Å². The Morgan fingerprint density at radius 1 is 1.24 bits per heavy atom. The zero-order chi connectivity index (χ0) is 14.8. The van der Waals surface area contributed by atoms with Crippen molar-refractivity contribution in [1.29, 1.82) is 0 Å². The van der Waals surface area contributed by atoms with Crippen molar-refractivity contribution in [3.63, 3.8) is 0 Å². The van der Waals surface area contributed by atoms with Crippen LogP contribution in [0.3, 0.4) is 0 Å². The van der Waals surface area contributed by atoms with E-state index in [1.165, 1.54) is 0 Å². The Labute approximate surface area is 123 Å². The molecule has 1 N–H and O–H groups in total. The lowest BCUT2D eigenvalue weighted by atomic mass is 10.0. The molecule has 108 valence electrons. The van der Waals surface area contributed by atoms with Gasteiger partial charge in [-0.2, -0.15) is 0 Å². The predicted molar refractivity (Wildman–Crippen MR) is 80.2 cm³/mol. The van der Waals surface area contributed by atoms with Crippen LogP contribution in [0.4, 0.5) is 5.69 Å². The summed E-state index contributed by atoms with van der Waals surface area (Å²) in [6, 6.07) is 15.2. The van der Waals surface area contributed by atoms with Gasteiger partial charge in [-0.1, -0.05) is 36.4 Å². The summed E-state index contributed by atoms with van der Waals surface area (Å²) in [7, 11) is 0. The van der Waals surface area contributed by atoms with Gasteiger partial charge in [0.1, 0.15) is 5.75 Å². The van der Waals surface area contributed by atoms with E-state index in [0.717, 1.165) is 11.1 Å². The minimum absolute atomic E-state index is 0.0443. The molecule has 0 fully saturated rings. The minimum atomic E-state index is -0.0877. The summed E-state index contributed by atoms with van der Waals surface area (Å²) in [6.07, 6.45) is 0. The average Bonchev–Trinajstić information content (AvgIpc) is 2.54. The second kappa shape index (κ2) is 5.58. The molecule has 1 aliphatic rings. The van der Waals surface area contributed by atoms with Crippen LogP contribution in [-0.4, -0.2) is 17.6 Å². The molecular formula is C17H17NO3. The van der Waals surface area contributed by atoms with E-state index in [1.54, 1.807) is 17.0 Å². The molecule has 0 spiro atoms. The second-order valence-corrected chi connectivity index (χ2v) is 5.10. The molecule has 0 radical (unpaired) electrons. The van der Waals surface area contributed by atoms with Crippen LogP contribution < -0.4 is 9.64 Å². The van der Waals surface area contributed by atoms with Crippen LogP contribution in [0.5, 0.6) is 5.75 Å². The first kappa shape index (κ1) is 13.6. The molecule has 0 saturated heterocycles. The van der Waals surface area contributed by atoms with Crippen LogP contribution in [0, 0.1) is 0 Å². The maximum atomic E-state index is 12.3. The van der Waals surface area contributed by atoms with Crippen LogP contribution in [0.25, 0.3) is 0 Å². The third-order valence-corrected chi connectivity index (χ3v) is 3.75. The van der Waals surface area contributed by atoms with Crippen LogP contribution in [0.2, 0.25) is 0 Å². The van der Waals surface area contributed by atoms with E-state index < -0.39 is 0 Å². The molecule has 1 atom stereocenters. The maximum absolute atomic E-state index is 12.3. The van der Waals surface area contributed by atoms with Gasteiger partial charge < -0.3 is 9.84 Å². The molecule has 4 heteroatoms. The zero-order valence-corrected chi connectivity index (χ0v) is 11.8. The zero-order valence-electron chi connectivity index (χ0n) is 11.8. The highest BCUT2D eigenvalue weighted by Gasteiger charge is 2.30. The van der Waals surface area contributed by atoms with E-state index >= 15 is 0 Å². The average molecular weight is 283 g/mol. The molecule has 3 rings (SSSR count). The Balaban J connectivity index is 2.04. The highest BCUT2D eigenvalue weighted by atomic mass is 16.5. The number of hydrogen-bond donors (Lipinski definition) is 1. The number of aliphatic hydroxyl groups is 1. The molecule has 1 unspecified atom stereocenters. The standard InChI is InChI=1S/C17H17NO3/c1-12(14-5-3-2-4-6-14)18-15-9-13(10-19)7-8-16(15)21-11-17(18)20/h2-9,12,19H,10-11H2,1H3. The van der Waals surface area contributed by atoms with Crippen molar-refractivity contribution in [2.75, 3.05) is 11.5 Å². The largest absolute Gasteiger partial charge is 0.482 e. The Hall–Kier alpha value is -2.33. The Morgan fingerprint density at radius 3 is 2.71 bits per heavy atom. The Bertz CT molecular complexity index is 654. The summed E-state index contributed by atoms with van der Waals surface area (Å²) in [4.78, 5) is 14.1. The first-order valence-electron chi connectivity index (χ1n) is 6.94. The van der Waals surface area contributed by atoms with Gasteiger partial charge in [0, 0.05) is 0 Å². The number of ether oxygens (including phenoxy) is 1. The van der Waals surface area contributed by atoms with Gasteiger partial charge in [0.05, 0.1) is 18.3 Å². The Kier molecular flexibility index (Phi) is 3.62. The molecule has 4 nitrogen and oxygen atoms in total. The Morgan fingerprint density at radius 2 is 2.00 bits per heavy atom. The number of aliphatic hydroxyl groups excluding tert-OH is 1. The number of anilines is 1. The lowest BCUT2D eigenvalue weighted by Crippen LogP contribution is -2.40. The van der Waals surface area contributed by atoms with Crippen LogP contribution >= 0.6 is 0 Å². The maximum Gasteiger partial charge on any atom is 0.265 e. The highest BCUT2D eigenvalue weighted by Crippen LogP contribution is 2.38. The minimum Gasteiger partial charge on any atom is -0.482 e. The number of hydrogen-bond acceptors (Lipinski definition) is 3. The van der Waals surface area contributed by atoms with Crippen LogP contribution in [0.15, 0.2) is 48.5 Å². The van der Waals surface area contributed by atoms with Gasteiger partial charge >= 0.3 is 0 Å². The predicted octanol–water partition coefficient (Wildman–Crippen LogP) is 2.67. The summed E-state index contributed by atoms with van der Waals surface area (Å²) in [5, 5.41) is 9.30. The molecule has 0 bridgehead atoms. The molecule has 0 aromatic heterocycles. The van der Waals surface area contributed by atoms with Crippen LogP contribution in [0.1, 0.15) is 24.1 Å². The summed E-state index contributed by atoms with van der Waals surface area (Å²) in [5.41, 5.74) is 2.54. The highest BCUT2D eigenvalue weighted by molar-refractivity contribution is 5.98. The third kappa shape index (κ3) is 2.50. The summed E-state index contributed by atoms with van der Waals surface area (Å²) < 4.78 is 5.48. The lowest BCUT2D eigenvalue weighted by Gasteiger charge is -2.34. The van der Waals surface area contributed by atoms with Gasteiger partial charge in [-0.05, 0) is 30.2 Å². The quantitative estimate of drug-likeness (QED) is 0.942. The summed E-state index contributed by atoms with van der Waals surface area (Å²) in [5.74, 6) is 0.600. The van der Waals surface area contributed by atoms with E-state index in [2.05, 4.69) is 0 Å². The molecule has 2 aromatic rings. The van der Waals surface area contributed by atoms with Gasteiger partial charge in [0.25, 0.3) is 5.91 Å². The number of carbonyl (C=O) groups is 1. The fourth-order valence-corrected chi connectivity index (χ4v) is 2.62. The van der Waals surface area contributed by atoms with Gasteiger partial charge in [-0.25, -0.2) is 0 Å². The van der Waals surface area contributed by atoms with Crippen molar-refractivity contribution in [1.82, 2.24) is 0 Å². The number of amides is 1. The van der Waals surface area contributed by atoms with E-state index in [-0.39, 0.29) is 25.2 Å². The van der Waals surface area contributed by atoms with Crippen molar-refractivity contribution in [2.45, 2.75) is 19.6 Å². The summed E-state index contributed by atoms with van der Waals surface area (Å²) >= 11 is 0. The summed E-state index contributed by atoms with van der Waals surface area (Å²) in [6.45, 7) is 1.98. The third-order valence-electron chi connectivity index (χ3n) is 3.75. The first-order chi connectivity index (χ1) is 10.2. The van der Waals surface area contributed by atoms with E-state index in [9.17, 15) is 9.90 Å². The lowest BCUT2D eigenvalue weighted by molar-refractivity contribution is -0.121. The molecule has 1 heterocycles. The molecule has 1 amide bonds. The van der Waals surface area contributed by atoms with Crippen molar-refractivity contribution >= 4 is 11.6 Å². The van der Waals surface area contributed by atoms with Crippen LogP contribution in [-0.2, 0) is 11.4 Å². The van der Waals surface area contributed by atoms with Crippen molar-refractivity contribution < 1.29 is 14.6 Å². The van der Waals surface area contributed by atoms with Crippen molar-refractivity contribution in [2.24, 2.45) is 0 Å². The topological polar surface area (TPSA) is 49.8 Å². The molecule has 1 aliphatic heterocycles. The normalized spacial score (nSPS) is 15.3. The fraction of sp³-hybridized carbons (Fsp3) is 0.235. The number of nitrogens with zero attached hydrogens (tertiary/aromatic N) is 1. The van der Waals surface area contributed by atoms with E-state index in [4.69, 9.17) is 4.74 Å². The van der Waals surface area contributed by atoms with Gasteiger partial charge in [-0.3, -0.25) is 9.69 Å².